The molecule has 1 aromatic rings. The molecule has 0 radical (unpaired) electrons. The van der Waals surface area contributed by atoms with Gasteiger partial charge in [-0.25, -0.2) is 4.98 Å². The summed E-state index contributed by atoms with van der Waals surface area (Å²) in [6.07, 6.45) is 7.13. The van der Waals surface area contributed by atoms with Crippen molar-refractivity contribution in [2.75, 3.05) is 6.54 Å². The SMILES string of the molecule is Cc1nc(C(C)(C)C)sc1C(C)NCCC1CCCC1. The van der Waals surface area contributed by atoms with E-state index in [1.54, 1.807) is 0 Å². The lowest BCUT2D eigenvalue weighted by atomic mass is 9.98. The van der Waals surface area contributed by atoms with Crippen molar-refractivity contribution >= 4 is 11.3 Å². The monoisotopic (exact) mass is 294 g/mol. The summed E-state index contributed by atoms with van der Waals surface area (Å²) < 4.78 is 0. The zero-order valence-electron chi connectivity index (χ0n) is 13.8. The Kier molecular flexibility index (Phi) is 5.25. The Morgan fingerprint density at radius 3 is 2.50 bits per heavy atom. The van der Waals surface area contributed by atoms with E-state index in [1.165, 1.54) is 47.7 Å². The van der Waals surface area contributed by atoms with Gasteiger partial charge in [0, 0.05) is 16.3 Å². The Labute approximate surface area is 128 Å². The van der Waals surface area contributed by atoms with Gasteiger partial charge in [-0.3, -0.25) is 0 Å². The molecule has 1 heterocycles. The molecule has 1 N–H and O–H groups in total. The second kappa shape index (κ2) is 6.57. The Morgan fingerprint density at radius 2 is 1.95 bits per heavy atom. The lowest BCUT2D eigenvalue weighted by Gasteiger charge is -2.16. The molecule has 1 fully saturated rings. The van der Waals surface area contributed by atoms with Gasteiger partial charge in [-0.2, -0.15) is 0 Å². The van der Waals surface area contributed by atoms with Gasteiger partial charge < -0.3 is 5.32 Å². The summed E-state index contributed by atoms with van der Waals surface area (Å²) in [6, 6.07) is 0.435. The van der Waals surface area contributed by atoms with Gasteiger partial charge in [0.05, 0.1) is 10.7 Å². The van der Waals surface area contributed by atoms with Crippen LogP contribution in [0.5, 0.6) is 0 Å². The zero-order chi connectivity index (χ0) is 14.8. The highest BCUT2D eigenvalue weighted by molar-refractivity contribution is 7.12. The topological polar surface area (TPSA) is 24.9 Å². The van der Waals surface area contributed by atoms with Crippen molar-refractivity contribution in [2.45, 2.75) is 78.2 Å². The molecule has 3 heteroatoms. The third-order valence-electron chi connectivity index (χ3n) is 4.35. The number of hydrogen-bond acceptors (Lipinski definition) is 3. The van der Waals surface area contributed by atoms with Crippen LogP contribution in [0.1, 0.15) is 81.4 Å². The molecule has 2 rings (SSSR count). The van der Waals surface area contributed by atoms with E-state index in [0.717, 1.165) is 12.5 Å². The summed E-state index contributed by atoms with van der Waals surface area (Å²) in [7, 11) is 0. The molecule has 1 aliphatic carbocycles. The first kappa shape index (κ1) is 16.0. The van der Waals surface area contributed by atoms with E-state index >= 15 is 0 Å². The molecule has 1 unspecified atom stereocenters. The first-order valence-electron chi connectivity index (χ1n) is 8.09. The standard InChI is InChI=1S/C17H30N2S/c1-12(18-11-10-14-8-6-7-9-14)15-13(2)19-16(20-15)17(3,4)5/h12,14,18H,6-11H2,1-5H3. The van der Waals surface area contributed by atoms with Crippen LogP contribution >= 0.6 is 11.3 Å². The van der Waals surface area contributed by atoms with E-state index in [1.807, 2.05) is 11.3 Å². The van der Waals surface area contributed by atoms with Crippen LogP contribution in [0.25, 0.3) is 0 Å². The minimum Gasteiger partial charge on any atom is -0.309 e. The summed E-state index contributed by atoms with van der Waals surface area (Å²) in [6.45, 7) is 12.3. The van der Waals surface area contributed by atoms with E-state index in [0.29, 0.717) is 6.04 Å². The van der Waals surface area contributed by atoms with Crippen LogP contribution in [-0.4, -0.2) is 11.5 Å². The highest BCUT2D eigenvalue weighted by Gasteiger charge is 2.22. The molecule has 0 aliphatic heterocycles. The van der Waals surface area contributed by atoms with E-state index in [-0.39, 0.29) is 5.41 Å². The van der Waals surface area contributed by atoms with Gasteiger partial charge in [0.15, 0.2) is 0 Å². The number of nitrogens with one attached hydrogen (secondary N) is 1. The van der Waals surface area contributed by atoms with Crippen molar-refractivity contribution < 1.29 is 0 Å². The third-order valence-corrected chi connectivity index (χ3v) is 6.11. The molecule has 114 valence electrons. The average Bonchev–Trinajstić information content (AvgIpc) is 2.97. The molecule has 1 aliphatic rings. The van der Waals surface area contributed by atoms with Crippen molar-refractivity contribution in [3.63, 3.8) is 0 Å². The summed E-state index contributed by atoms with van der Waals surface area (Å²) in [5, 5.41) is 4.96. The van der Waals surface area contributed by atoms with E-state index in [2.05, 4.69) is 39.9 Å². The number of aromatic nitrogens is 1. The lowest BCUT2D eigenvalue weighted by Crippen LogP contribution is -2.21. The van der Waals surface area contributed by atoms with Crippen LogP contribution < -0.4 is 5.32 Å². The maximum atomic E-state index is 4.77. The normalized spacial score (nSPS) is 18.6. The van der Waals surface area contributed by atoms with Gasteiger partial charge in [-0.15, -0.1) is 11.3 Å². The smallest absolute Gasteiger partial charge is 0.0985 e. The maximum absolute atomic E-state index is 4.77. The first-order chi connectivity index (χ1) is 9.38. The summed E-state index contributed by atoms with van der Waals surface area (Å²) >= 11 is 1.88. The van der Waals surface area contributed by atoms with Crippen LogP contribution in [0, 0.1) is 12.8 Å². The molecule has 0 aromatic carbocycles. The molecule has 2 nitrogen and oxygen atoms in total. The van der Waals surface area contributed by atoms with Crippen LogP contribution in [0.2, 0.25) is 0 Å². The average molecular weight is 295 g/mol. The van der Waals surface area contributed by atoms with Crippen LogP contribution in [0.15, 0.2) is 0 Å². The maximum Gasteiger partial charge on any atom is 0.0985 e. The Balaban J connectivity index is 1.88. The first-order valence-corrected chi connectivity index (χ1v) is 8.90. The van der Waals surface area contributed by atoms with E-state index < -0.39 is 0 Å². The van der Waals surface area contributed by atoms with Crippen molar-refractivity contribution in [1.29, 1.82) is 0 Å². The minimum absolute atomic E-state index is 0.164. The second-order valence-electron chi connectivity index (χ2n) is 7.33. The highest BCUT2D eigenvalue weighted by Crippen LogP contribution is 2.32. The van der Waals surface area contributed by atoms with Crippen LogP contribution in [-0.2, 0) is 5.41 Å². The minimum atomic E-state index is 0.164. The number of thiazole rings is 1. The third kappa shape index (κ3) is 4.05. The largest absolute Gasteiger partial charge is 0.309 e. The second-order valence-corrected chi connectivity index (χ2v) is 8.36. The van der Waals surface area contributed by atoms with Gasteiger partial charge in [-0.1, -0.05) is 46.5 Å². The van der Waals surface area contributed by atoms with Crippen molar-refractivity contribution in [1.82, 2.24) is 10.3 Å². The fourth-order valence-electron chi connectivity index (χ4n) is 3.03. The van der Waals surface area contributed by atoms with Gasteiger partial charge >= 0.3 is 0 Å². The fraction of sp³-hybridized carbons (Fsp3) is 0.824. The quantitative estimate of drug-likeness (QED) is 0.828. The van der Waals surface area contributed by atoms with Gasteiger partial charge in [0.1, 0.15) is 0 Å². The van der Waals surface area contributed by atoms with Crippen molar-refractivity contribution in [2.24, 2.45) is 5.92 Å². The molecule has 1 atom stereocenters. The number of hydrogen-bond donors (Lipinski definition) is 1. The Hall–Kier alpha value is -0.410. The Bertz CT molecular complexity index is 425. The summed E-state index contributed by atoms with van der Waals surface area (Å²) in [4.78, 5) is 6.18. The molecule has 1 saturated carbocycles. The molecule has 0 bridgehead atoms. The molecule has 20 heavy (non-hydrogen) atoms. The number of aryl methyl sites for hydroxylation is 1. The van der Waals surface area contributed by atoms with E-state index in [4.69, 9.17) is 4.98 Å². The molecular formula is C17H30N2S. The van der Waals surface area contributed by atoms with Crippen molar-refractivity contribution in [3.05, 3.63) is 15.6 Å². The van der Waals surface area contributed by atoms with E-state index in [9.17, 15) is 0 Å². The fourth-order valence-corrected chi connectivity index (χ4v) is 4.18. The predicted molar refractivity (Wildman–Crippen MR) is 88.5 cm³/mol. The summed E-state index contributed by atoms with van der Waals surface area (Å²) in [5.41, 5.74) is 1.37. The molecule has 1 aromatic heterocycles. The lowest BCUT2D eigenvalue weighted by molar-refractivity contribution is 0.456. The molecular weight excluding hydrogens is 264 g/mol. The molecule has 0 spiro atoms. The van der Waals surface area contributed by atoms with Gasteiger partial charge in [0.2, 0.25) is 0 Å². The molecule has 0 amide bonds. The molecule has 0 saturated heterocycles. The predicted octanol–water partition coefficient (Wildman–Crippen LogP) is 4.98. The zero-order valence-corrected chi connectivity index (χ0v) is 14.6. The van der Waals surface area contributed by atoms with Gasteiger partial charge in [-0.05, 0) is 32.7 Å². The number of nitrogens with zero attached hydrogens (tertiary/aromatic N) is 1. The van der Waals surface area contributed by atoms with Crippen LogP contribution in [0.4, 0.5) is 0 Å². The number of rotatable bonds is 5. The van der Waals surface area contributed by atoms with Gasteiger partial charge in [0.25, 0.3) is 0 Å². The van der Waals surface area contributed by atoms with Crippen molar-refractivity contribution in [3.8, 4) is 0 Å². The highest BCUT2D eigenvalue weighted by atomic mass is 32.1. The summed E-state index contributed by atoms with van der Waals surface area (Å²) in [5.74, 6) is 0.974. The Morgan fingerprint density at radius 1 is 1.30 bits per heavy atom. The van der Waals surface area contributed by atoms with Crippen LogP contribution in [0.3, 0.4) is 0 Å².